The summed E-state index contributed by atoms with van der Waals surface area (Å²) in [5.41, 5.74) is 0. The van der Waals surface area contributed by atoms with Crippen LogP contribution in [0.4, 0.5) is 0 Å². The molecule has 2 aromatic carbocycles. The van der Waals surface area contributed by atoms with Gasteiger partial charge in [0, 0.05) is 8.95 Å². The fourth-order valence-electron chi connectivity index (χ4n) is 1.67. The summed E-state index contributed by atoms with van der Waals surface area (Å²) < 4.78 is 54.7. The molecule has 0 N–H and O–H groups in total. The van der Waals surface area contributed by atoms with Crippen LogP contribution >= 0.6 is 31.9 Å². The summed E-state index contributed by atoms with van der Waals surface area (Å²) in [6, 6.07) is 12.0. The molecule has 0 radical (unpaired) electrons. The van der Waals surface area contributed by atoms with Crippen molar-refractivity contribution in [2.24, 2.45) is 0 Å². The Morgan fingerprint density at radius 1 is 0.652 bits per heavy atom. The number of halogens is 2. The van der Waals surface area contributed by atoms with E-state index in [0.717, 1.165) is 8.95 Å². The van der Waals surface area contributed by atoms with E-state index < -0.39 is 31.6 Å². The van der Waals surface area contributed by atoms with Gasteiger partial charge < -0.3 is 4.74 Å². The Morgan fingerprint density at radius 3 is 1.26 bits per heavy atom. The first-order chi connectivity index (χ1) is 10.7. The van der Waals surface area contributed by atoms with E-state index in [2.05, 4.69) is 31.9 Å². The Bertz CT molecular complexity index is 798. The van der Waals surface area contributed by atoms with Crippen LogP contribution in [0.2, 0.25) is 0 Å². The average Bonchev–Trinajstić information content (AvgIpc) is 2.47. The van der Waals surface area contributed by atoms with Crippen LogP contribution in [0.15, 0.2) is 67.3 Å². The maximum atomic E-state index is 12.1. The van der Waals surface area contributed by atoms with Crippen molar-refractivity contribution in [2.45, 2.75) is 9.79 Å². The molecule has 2 rings (SSSR count). The molecule has 0 aliphatic rings. The highest BCUT2D eigenvalue weighted by atomic mass is 79.9. The van der Waals surface area contributed by atoms with Gasteiger partial charge in [0.05, 0.1) is 9.79 Å². The lowest BCUT2D eigenvalue weighted by Crippen LogP contribution is -2.16. The summed E-state index contributed by atoms with van der Waals surface area (Å²) in [4.78, 5) is 0.142. The van der Waals surface area contributed by atoms with Gasteiger partial charge in [-0.25, -0.2) is 16.8 Å². The monoisotopic (exact) mass is 482 g/mol. The van der Waals surface area contributed by atoms with Crippen LogP contribution in [-0.2, 0) is 24.4 Å². The SMILES string of the molecule is O=S(=O)(COCS(=O)(=O)c1ccc(Br)cc1)c1ccc(Br)cc1. The third-order valence-corrected chi connectivity index (χ3v) is 6.81. The van der Waals surface area contributed by atoms with E-state index >= 15 is 0 Å². The molecule has 0 aromatic heterocycles. The minimum atomic E-state index is -3.70. The van der Waals surface area contributed by atoms with E-state index in [0.29, 0.717) is 0 Å². The minimum absolute atomic E-state index is 0.0711. The van der Waals surface area contributed by atoms with E-state index in [1.54, 1.807) is 24.3 Å². The van der Waals surface area contributed by atoms with E-state index in [-0.39, 0.29) is 9.79 Å². The van der Waals surface area contributed by atoms with Crippen LogP contribution in [0, 0.1) is 0 Å². The Hall–Kier alpha value is -0.740. The Labute approximate surface area is 151 Å². The molecule has 2 aromatic rings. The van der Waals surface area contributed by atoms with Gasteiger partial charge in [-0.2, -0.15) is 0 Å². The van der Waals surface area contributed by atoms with Crippen molar-refractivity contribution >= 4 is 51.5 Å². The van der Waals surface area contributed by atoms with E-state index in [1.807, 2.05) is 0 Å². The van der Waals surface area contributed by atoms with Crippen molar-refractivity contribution in [3.8, 4) is 0 Å². The minimum Gasteiger partial charge on any atom is -0.349 e. The van der Waals surface area contributed by atoms with Gasteiger partial charge in [-0.3, -0.25) is 0 Å². The first-order valence-corrected chi connectivity index (χ1v) is 11.1. The summed E-state index contributed by atoms with van der Waals surface area (Å²) in [5.74, 6) is -1.41. The average molecular weight is 484 g/mol. The zero-order chi connectivity index (χ0) is 17.1. The zero-order valence-corrected chi connectivity index (χ0v) is 16.5. The molecule has 0 fully saturated rings. The zero-order valence-electron chi connectivity index (χ0n) is 11.6. The lowest BCUT2D eigenvalue weighted by atomic mass is 10.4. The first kappa shape index (κ1) is 18.6. The lowest BCUT2D eigenvalue weighted by Gasteiger charge is -2.07. The van der Waals surface area contributed by atoms with Crippen LogP contribution < -0.4 is 0 Å². The number of rotatable bonds is 6. The fraction of sp³-hybridized carbons (Fsp3) is 0.143. The van der Waals surface area contributed by atoms with Crippen LogP contribution in [0.1, 0.15) is 0 Å². The van der Waals surface area contributed by atoms with E-state index in [4.69, 9.17) is 4.74 Å². The second kappa shape index (κ2) is 7.43. The number of benzene rings is 2. The van der Waals surface area contributed by atoms with Crippen LogP contribution in [-0.4, -0.2) is 28.7 Å². The van der Waals surface area contributed by atoms with Crippen LogP contribution in [0.25, 0.3) is 0 Å². The molecule has 0 saturated heterocycles. The second-order valence-corrected chi connectivity index (χ2v) is 10.3. The van der Waals surface area contributed by atoms with Gasteiger partial charge in [-0.1, -0.05) is 31.9 Å². The predicted octanol–water partition coefficient (Wildman–Crippen LogP) is 3.39. The van der Waals surface area contributed by atoms with Crippen molar-refractivity contribution in [1.82, 2.24) is 0 Å². The van der Waals surface area contributed by atoms with Gasteiger partial charge in [0.2, 0.25) is 19.7 Å². The summed E-state index contributed by atoms with van der Waals surface area (Å²) in [6.07, 6.45) is 0. The van der Waals surface area contributed by atoms with Crippen molar-refractivity contribution in [3.05, 3.63) is 57.5 Å². The molecule has 0 atom stereocenters. The van der Waals surface area contributed by atoms with Gasteiger partial charge in [0.1, 0.15) is 0 Å². The maximum absolute atomic E-state index is 12.1. The molecule has 0 amide bonds. The summed E-state index contributed by atoms with van der Waals surface area (Å²) in [6.45, 7) is 0. The highest BCUT2D eigenvalue weighted by Crippen LogP contribution is 2.18. The van der Waals surface area contributed by atoms with Crippen molar-refractivity contribution in [1.29, 1.82) is 0 Å². The van der Waals surface area contributed by atoms with E-state index in [9.17, 15) is 16.8 Å². The van der Waals surface area contributed by atoms with Crippen LogP contribution in [0.3, 0.4) is 0 Å². The van der Waals surface area contributed by atoms with Gasteiger partial charge in [-0.05, 0) is 48.5 Å². The summed E-state index contributed by atoms with van der Waals surface area (Å²) in [7, 11) is -7.41. The fourth-order valence-corrected chi connectivity index (χ4v) is 4.29. The predicted molar refractivity (Wildman–Crippen MR) is 93.5 cm³/mol. The van der Waals surface area contributed by atoms with E-state index in [1.165, 1.54) is 24.3 Å². The molecular formula is C14H12Br2O5S2. The molecule has 9 heteroatoms. The highest BCUT2D eigenvalue weighted by Gasteiger charge is 2.19. The molecule has 0 unspecified atom stereocenters. The third-order valence-electron chi connectivity index (χ3n) is 2.82. The topological polar surface area (TPSA) is 77.5 Å². The van der Waals surface area contributed by atoms with Crippen molar-refractivity contribution in [3.63, 3.8) is 0 Å². The molecule has 5 nitrogen and oxygen atoms in total. The lowest BCUT2D eigenvalue weighted by molar-refractivity contribution is 0.224. The molecular weight excluding hydrogens is 472 g/mol. The Morgan fingerprint density at radius 2 is 0.957 bits per heavy atom. The molecule has 124 valence electrons. The van der Waals surface area contributed by atoms with Crippen molar-refractivity contribution in [2.75, 3.05) is 11.9 Å². The molecule has 0 spiro atoms. The quantitative estimate of drug-likeness (QED) is 0.629. The normalized spacial score (nSPS) is 12.3. The van der Waals surface area contributed by atoms with Gasteiger partial charge in [-0.15, -0.1) is 0 Å². The Balaban J connectivity index is 2.03. The highest BCUT2D eigenvalue weighted by molar-refractivity contribution is 9.10. The largest absolute Gasteiger partial charge is 0.349 e. The molecule has 0 bridgehead atoms. The second-order valence-electron chi connectivity index (χ2n) is 4.58. The van der Waals surface area contributed by atoms with Crippen LogP contribution in [0.5, 0.6) is 0 Å². The van der Waals surface area contributed by atoms with Gasteiger partial charge in [0.25, 0.3) is 0 Å². The molecule has 0 aliphatic carbocycles. The Kier molecular flexibility index (Phi) is 6.01. The molecule has 0 aliphatic heterocycles. The molecule has 0 heterocycles. The first-order valence-electron chi connectivity index (χ1n) is 6.25. The number of hydrogen-bond acceptors (Lipinski definition) is 5. The van der Waals surface area contributed by atoms with Gasteiger partial charge >= 0.3 is 0 Å². The third kappa shape index (κ3) is 5.12. The smallest absolute Gasteiger partial charge is 0.202 e. The molecule has 23 heavy (non-hydrogen) atoms. The summed E-state index contributed by atoms with van der Waals surface area (Å²) >= 11 is 6.43. The summed E-state index contributed by atoms with van der Waals surface area (Å²) in [5, 5.41) is 0. The van der Waals surface area contributed by atoms with Gasteiger partial charge in [0.15, 0.2) is 11.9 Å². The molecule has 0 saturated carbocycles. The maximum Gasteiger partial charge on any atom is 0.202 e. The number of ether oxygens (including phenoxy) is 1. The number of sulfone groups is 2. The number of hydrogen-bond donors (Lipinski definition) is 0. The standard InChI is InChI=1S/C14H12Br2O5S2/c15-11-1-5-13(6-2-11)22(17,18)9-21-10-23(19,20)14-7-3-12(16)4-8-14/h1-8H,9-10H2. The van der Waals surface area contributed by atoms with Crippen molar-refractivity contribution < 1.29 is 21.6 Å².